The summed E-state index contributed by atoms with van der Waals surface area (Å²) in [6.45, 7) is 10.5. The van der Waals surface area contributed by atoms with E-state index in [0.29, 0.717) is 6.04 Å². The zero-order valence-electron chi connectivity index (χ0n) is 8.83. The topological polar surface area (TPSA) is 24.7 Å². The quantitative estimate of drug-likeness (QED) is 0.577. The number of hydrogen-bond donors (Lipinski definition) is 0. The number of aliphatic imine (C=N–C) groups is 2. The van der Waals surface area contributed by atoms with E-state index in [9.17, 15) is 0 Å². The molecule has 0 aliphatic carbocycles. The fourth-order valence-electron chi connectivity index (χ4n) is 0.537. The molecule has 0 fully saturated rings. The molecule has 0 aromatic rings. The van der Waals surface area contributed by atoms with E-state index in [2.05, 4.69) is 44.6 Å². The minimum atomic E-state index is 0.0585. The second-order valence-corrected chi connectivity index (χ2v) is 3.84. The van der Waals surface area contributed by atoms with Crippen LogP contribution in [0.25, 0.3) is 0 Å². The molecule has 0 aromatic heterocycles. The SMILES string of the molecule is CCC(C)(C)N=CC=NC(C)C. The first-order valence-corrected chi connectivity index (χ1v) is 4.55. The number of nitrogens with zero attached hydrogens (tertiary/aromatic N) is 2. The van der Waals surface area contributed by atoms with E-state index < -0.39 is 0 Å². The van der Waals surface area contributed by atoms with Gasteiger partial charge >= 0.3 is 0 Å². The van der Waals surface area contributed by atoms with Gasteiger partial charge in [0.1, 0.15) is 0 Å². The summed E-state index contributed by atoms with van der Waals surface area (Å²) in [5.41, 5.74) is 0.0585. The van der Waals surface area contributed by atoms with Crippen LogP contribution < -0.4 is 0 Å². The highest BCUT2D eigenvalue weighted by atomic mass is 14.8. The molecule has 0 aliphatic heterocycles. The van der Waals surface area contributed by atoms with Gasteiger partial charge in [-0.2, -0.15) is 0 Å². The highest BCUT2D eigenvalue weighted by Crippen LogP contribution is 2.11. The van der Waals surface area contributed by atoms with Gasteiger partial charge in [0.15, 0.2) is 0 Å². The molecule has 0 aromatic carbocycles. The molecule has 0 saturated carbocycles. The molecule has 0 N–H and O–H groups in total. The Morgan fingerprint density at radius 2 is 1.83 bits per heavy atom. The molecule has 0 atom stereocenters. The van der Waals surface area contributed by atoms with Crippen LogP contribution in [-0.4, -0.2) is 24.0 Å². The average Bonchev–Trinajstić information content (AvgIpc) is 1.98. The zero-order valence-corrected chi connectivity index (χ0v) is 8.83. The lowest BCUT2D eigenvalue weighted by Gasteiger charge is -2.15. The van der Waals surface area contributed by atoms with Crippen molar-refractivity contribution in [3.8, 4) is 0 Å². The van der Waals surface area contributed by atoms with Crippen LogP contribution >= 0.6 is 0 Å². The number of hydrogen-bond acceptors (Lipinski definition) is 2. The minimum absolute atomic E-state index is 0.0585. The van der Waals surface area contributed by atoms with E-state index >= 15 is 0 Å². The lowest BCUT2D eigenvalue weighted by Crippen LogP contribution is -2.14. The smallest absolute Gasteiger partial charge is 0.0550 e. The third-order valence-corrected chi connectivity index (χ3v) is 1.74. The lowest BCUT2D eigenvalue weighted by molar-refractivity contribution is 0.508. The Hall–Kier alpha value is -0.660. The maximum atomic E-state index is 4.37. The Morgan fingerprint density at radius 3 is 2.25 bits per heavy atom. The molecular weight excluding hydrogens is 148 g/mol. The first-order chi connectivity index (χ1) is 5.48. The van der Waals surface area contributed by atoms with Crippen molar-refractivity contribution < 1.29 is 0 Å². The number of rotatable bonds is 4. The summed E-state index contributed by atoms with van der Waals surface area (Å²) in [6.07, 6.45) is 4.63. The molecule has 0 unspecified atom stereocenters. The van der Waals surface area contributed by atoms with Crippen LogP contribution in [0.15, 0.2) is 9.98 Å². The Balaban J connectivity index is 3.91. The summed E-state index contributed by atoms with van der Waals surface area (Å²) < 4.78 is 0. The van der Waals surface area contributed by atoms with Gasteiger partial charge in [-0.05, 0) is 34.1 Å². The molecule has 2 nitrogen and oxygen atoms in total. The van der Waals surface area contributed by atoms with Gasteiger partial charge in [0.2, 0.25) is 0 Å². The standard InChI is InChI=1S/C10H20N2/c1-6-10(4,5)12-8-7-11-9(2)3/h7-9H,6H2,1-5H3. The first-order valence-electron chi connectivity index (χ1n) is 4.55. The van der Waals surface area contributed by atoms with Crippen molar-refractivity contribution >= 4 is 12.4 Å². The fourth-order valence-corrected chi connectivity index (χ4v) is 0.537. The molecule has 0 radical (unpaired) electrons. The third kappa shape index (κ3) is 6.08. The maximum Gasteiger partial charge on any atom is 0.0550 e. The van der Waals surface area contributed by atoms with Crippen molar-refractivity contribution in [3.05, 3.63) is 0 Å². The highest BCUT2D eigenvalue weighted by molar-refractivity contribution is 6.16. The minimum Gasteiger partial charge on any atom is -0.289 e. The molecule has 2 heteroatoms. The summed E-state index contributed by atoms with van der Waals surface area (Å²) in [5, 5.41) is 0. The Bertz CT molecular complexity index is 167. The van der Waals surface area contributed by atoms with Gasteiger partial charge in [-0.3, -0.25) is 9.98 Å². The van der Waals surface area contributed by atoms with Crippen molar-refractivity contribution in [1.82, 2.24) is 0 Å². The van der Waals surface area contributed by atoms with Crippen molar-refractivity contribution in [2.24, 2.45) is 9.98 Å². The van der Waals surface area contributed by atoms with Gasteiger partial charge in [-0.25, -0.2) is 0 Å². The van der Waals surface area contributed by atoms with Crippen LogP contribution in [0.5, 0.6) is 0 Å². The average molecular weight is 168 g/mol. The molecule has 0 bridgehead atoms. The van der Waals surface area contributed by atoms with Gasteiger partial charge in [0.25, 0.3) is 0 Å². The van der Waals surface area contributed by atoms with Gasteiger partial charge in [0.05, 0.1) is 5.54 Å². The van der Waals surface area contributed by atoms with Crippen molar-refractivity contribution in [2.45, 2.75) is 52.6 Å². The van der Waals surface area contributed by atoms with E-state index in [1.165, 1.54) is 0 Å². The molecule has 0 saturated heterocycles. The van der Waals surface area contributed by atoms with Crippen molar-refractivity contribution in [1.29, 1.82) is 0 Å². The van der Waals surface area contributed by atoms with E-state index in [4.69, 9.17) is 0 Å². The van der Waals surface area contributed by atoms with E-state index in [0.717, 1.165) is 6.42 Å². The van der Waals surface area contributed by atoms with Crippen LogP contribution in [-0.2, 0) is 0 Å². The van der Waals surface area contributed by atoms with Gasteiger partial charge in [0, 0.05) is 18.5 Å². The zero-order chi connectivity index (χ0) is 9.61. The predicted octanol–water partition coefficient (Wildman–Crippen LogP) is 2.73. The van der Waals surface area contributed by atoms with E-state index in [-0.39, 0.29) is 5.54 Å². The molecule has 12 heavy (non-hydrogen) atoms. The Kier molecular flexibility index (Phi) is 4.79. The molecule has 70 valence electrons. The molecule has 0 amide bonds. The molecule has 0 aliphatic rings. The monoisotopic (exact) mass is 168 g/mol. The van der Waals surface area contributed by atoms with Crippen LogP contribution in [0.1, 0.15) is 41.0 Å². The summed E-state index contributed by atoms with van der Waals surface area (Å²) in [4.78, 5) is 8.56. The lowest BCUT2D eigenvalue weighted by atomic mass is 10.0. The van der Waals surface area contributed by atoms with Crippen LogP contribution in [0.3, 0.4) is 0 Å². The molecule has 0 spiro atoms. The fraction of sp³-hybridized carbons (Fsp3) is 0.800. The predicted molar refractivity (Wildman–Crippen MR) is 56.5 cm³/mol. The van der Waals surface area contributed by atoms with E-state index in [1.54, 1.807) is 12.4 Å². The van der Waals surface area contributed by atoms with Crippen LogP contribution in [0.2, 0.25) is 0 Å². The molecule has 0 rings (SSSR count). The molecular formula is C10H20N2. The third-order valence-electron chi connectivity index (χ3n) is 1.74. The van der Waals surface area contributed by atoms with Crippen molar-refractivity contribution in [2.75, 3.05) is 0 Å². The van der Waals surface area contributed by atoms with E-state index in [1.807, 2.05) is 0 Å². The largest absolute Gasteiger partial charge is 0.289 e. The van der Waals surface area contributed by atoms with Gasteiger partial charge in [-0.1, -0.05) is 6.92 Å². The Labute approximate surface area is 75.8 Å². The molecule has 0 heterocycles. The van der Waals surface area contributed by atoms with Crippen LogP contribution in [0, 0.1) is 0 Å². The maximum absolute atomic E-state index is 4.37. The second kappa shape index (κ2) is 5.07. The summed E-state index contributed by atoms with van der Waals surface area (Å²) in [6, 6.07) is 0.362. The summed E-state index contributed by atoms with van der Waals surface area (Å²) in [7, 11) is 0. The Morgan fingerprint density at radius 1 is 1.25 bits per heavy atom. The van der Waals surface area contributed by atoms with Gasteiger partial charge in [-0.15, -0.1) is 0 Å². The highest BCUT2D eigenvalue weighted by Gasteiger charge is 2.09. The second-order valence-electron chi connectivity index (χ2n) is 3.84. The normalized spacial score (nSPS) is 13.8. The van der Waals surface area contributed by atoms with Crippen LogP contribution in [0.4, 0.5) is 0 Å². The summed E-state index contributed by atoms with van der Waals surface area (Å²) >= 11 is 0. The van der Waals surface area contributed by atoms with Crippen molar-refractivity contribution in [3.63, 3.8) is 0 Å². The summed E-state index contributed by atoms with van der Waals surface area (Å²) in [5.74, 6) is 0. The van der Waals surface area contributed by atoms with Gasteiger partial charge < -0.3 is 0 Å². The first kappa shape index (κ1) is 11.3.